The molecule has 10 heteroatoms. The summed E-state index contributed by atoms with van der Waals surface area (Å²) in [5, 5.41) is 7.95. The number of anilines is 3. The van der Waals surface area contributed by atoms with Gasteiger partial charge in [0.1, 0.15) is 0 Å². The number of amides is 2. The first-order chi connectivity index (χ1) is 14.2. The van der Waals surface area contributed by atoms with Crippen LogP contribution in [0.5, 0.6) is 0 Å². The molecule has 0 fully saturated rings. The Morgan fingerprint density at radius 2 is 1.77 bits per heavy atom. The van der Waals surface area contributed by atoms with Crippen LogP contribution in [0.1, 0.15) is 16.1 Å². The topological polar surface area (TPSA) is 83.4 Å². The Kier molecular flexibility index (Phi) is 6.31. The molecule has 3 aromatic rings. The molecule has 0 radical (unpaired) electrons. The smallest absolute Gasteiger partial charge is 0.416 e. The molecule has 156 valence electrons. The predicted molar refractivity (Wildman–Crippen MR) is 107 cm³/mol. The molecule has 2 aromatic carbocycles. The number of carbonyl (C=O) groups is 2. The van der Waals surface area contributed by atoms with Gasteiger partial charge >= 0.3 is 6.18 Å². The summed E-state index contributed by atoms with van der Waals surface area (Å²) in [6.45, 7) is -0.254. The van der Waals surface area contributed by atoms with E-state index in [-0.39, 0.29) is 23.0 Å². The highest BCUT2D eigenvalue weighted by molar-refractivity contribution is 6.34. The number of alkyl halides is 3. The number of carbonyl (C=O) groups excluding carboxylic acids is 2. The Balaban J connectivity index is 1.57. The van der Waals surface area contributed by atoms with Gasteiger partial charge in [0.15, 0.2) is 5.76 Å². The highest BCUT2D eigenvalue weighted by Gasteiger charge is 2.30. The summed E-state index contributed by atoms with van der Waals surface area (Å²) in [6.07, 6.45) is -3.10. The minimum absolute atomic E-state index is 0.115. The molecule has 0 saturated carbocycles. The van der Waals surface area contributed by atoms with Crippen molar-refractivity contribution in [2.45, 2.75) is 6.18 Å². The minimum Gasteiger partial charge on any atom is -0.459 e. The van der Waals surface area contributed by atoms with E-state index in [0.717, 1.165) is 12.1 Å². The molecule has 0 atom stereocenters. The number of benzene rings is 2. The maximum Gasteiger partial charge on any atom is 0.416 e. The molecule has 0 aliphatic rings. The van der Waals surface area contributed by atoms with Crippen molar-refractivity contribution in [1.29, 1.82) is 0 Å². The zero-order chi connectivity index (χ0) is 21.7. The van der Waals surface area contributed by atoms with Gasteiger partial charge in [0.2, 0.25) is 5.91 Å². The average Bonchev–Trinajstić information content (AvgIpc) is 3.23. The zero-order valence-corrected chi connectivity index (χ0v) is 16.0. The Morgan fingerprint density at radius 1 is 0.967 bits per heavy atom. The highest BCUT2D eigenvalue weighted by Crippen LogP contribution is 2.30. The van der Waals surface area contributed by atoms with Crippen LogP contribution in [0.2, 0.25) is 5.02 Å². The van der Waals surface area contributed by atoms with Crippen molar-refractivity contribution in [3.63, 3.8) is 0 Å². The van der Waals surface area contributed by atoms with E-state index in [1.54, 1.807) is 6.07 Å². The van der Waals surface area contributed by atoms with Gasteiger partial charge in [-0.15, -0.1) is 0 Å². The van der Waals surface area contributed by atoms with E-state index in [2.05, 4.69) is 16.0 Å². The third-order valence-electron chi connectivity index (χ3n) is 3.89. The van der Waals surface area contributed by atoms with Gasteiger partial charge < -0.3 is 20.4 Å². The summed E-state index contributed by atoms with van der Waals surface area (Å²) in [4.78, 5) is 24.1. The molecule has 3 N–H and O–H groups in total. The van der Waals surface area contributed by atoms with E-state index in [1.165, 1.54) is 42.7 Å². The van der Waals surface area contributed by atoms with Gasteiger partial charge in [0, 0.05) is 11.4 Å². The van der Waals surface area contributed by atoms with E-state index in [4.69, 9.17) is 16.0 Å². The first-order valence-electron chi connectivity index (χ1n) is 8.58. The van der Waals surface area contributed by atoms with Crippen LogP contribution in [-0.4, -0.2) is 18.4 Å². The van der Waals surface area contributed by atoms with Gasteiger partial charge in [-0.1, -0.05) is 17.7 Å². The Hall–Kier alpha value is -3.46. The van der Waals surface area contributed by atoms with Gasteiger partial charge in [-0.05, 0) is 48.5 Å². The summed E-state index contributed by atoms with van der Waals surface area (Å²) in [5.74, 6) is -0.857. The lowest BCUT2D eigenvalue weighted by Crippen LogP contribution is -2.22. The molecule has 0 unspecified atom stereocenters. The van der Waals surface area contributed by atoms with Crippen molar-refractivity contribution >= 4 is 40.5 Å². The molecule has 0 aliphatic heterocycles. The number of rotatable bonds is 6. The Bertz CT molecular complexity index is 1050. The highest BCUT2D eigenvalue weighted by atomic mass is 35.5. The lowest BCUT2D eigenvalue weighted by molar-refractivity contribution is -0.137. The lowest BCUT2D eigenvalue weighted by atomic mass is 10.2. The van der Waals surface area contributed by atoms with Gasteiger partial charge in [-0.2, -0.15) is 13.2 Å². The van der Waals surface area contributed by atoms with E-state index in [0.29, 0.717) is 11.4 Å². The third-order valence-corrected chi connectivity index (χ3v) is 4.20. The standard InChI is InChI=1S/C20H15ClF3N3O3/c21-15-10-14(6-7-16(15)27-19(29)17-5-2-8-30-17)26-18(28)11-25-13-4-1-3-12(9-13)20(22,23)24/h1-10,25H,11H2,(H,26,28)(H,27,29). The summed E-state index contributed by atoms with van der Waals surface area (Å²) in [7, 11) is 0. The van der Waals surface area contributed by atoms with Crippen molar-refractivity contribution in [3.8, 4) is 0 Å². The summed E-state index contributed by atoms with van der Waals surface area (Å²) in [6, 6.07) is 12.1. The van der Waals surface area contributed by atoms with Crippen LogP contribution < -0.4 is 16.0 Å². The summed E-state index contributed by atoms with van der Waals surface area (Å²) < 4.78 is 43.2. The molecule has 0 spiro atoms. The first kappa shape index (κ1) is 21.3. The van der Waals surface area contributed by atoms with Crippen molar-refractivity contribution in [2.24, 2.45) is 0 Å². The molecule has 1 aromatic heterocycles. The number of hydrogen-bond donors (Lipinski definition) is 3. The molecule has 1 heterocycles. The molecule has 0 bridgehead atoms. The second-order valence-electron chi connectivity index (χ2n) is 6.11. The molecule has 30 heavy (non-hydrogen) atoms. The summed E-state index contributed by atoms with van der Waals surface area (Å²) in [5.41, 5.74) is 0.0193. The number of halogens is 4. The largest absolute Gasteiger partial charge is 0.459 e. The molecular weight excluding hydrogens is 423 g/mol. The van der Waals surface area contributed by atoms with Crippen molar-refractivity contribution in [2.75, 3.05) is 22.5 Å². The normalized spacial score (nSPS) is 11.1. The molecule has 3 rings (SSSR count). The average molecular weight is 438 g/mol. The predicted octanol–water partition coefficient (Wildman–Crippen LogP) is 5.25. The molecule has 0 saturated heterocycles. The lowest BCUT2D eigenvalue weighted by Gasteiger charge is -2.12. The fourth-order valence-corrected chi connectivity index (χ4v) is 2.71. The zero-order valence-electron chi connectivity index (χ0n) is 15.2. The second-order valence-corrected chi connectivity index (χ2v) is 6.51. The minimum atomic E-state index is -4.47. The number of nitrogens with one attached hydrogen (secondary N) is 3. The third kappa shape index (κ3) is 5.54. The fourth-order valence-electron chi connectivity index (χ4n) is 2.48. The SMILES string of the molecule is O=C(CNc1cccc(C(F)(F)F)c1)Nc1ccc(NC(=O)c2ccco2)c(Cl)c1. The number of hydrogen-bond acceptors (Lipinski definition) is 4. The van der Waals surface area contributed by atoms with E-state index in [1.807, 2.05) is 0 Å². The second kappa shape index (κ2) is 8.91. The summed E-state index contributed by atoms with van der Waals surface area (Å²) >= 11 is 6.13. The Labute approximate surface area is 174 Å². The van der Waals surface area contributed by atoms with E-state index < -0.39 is 23.6 Å². The van der Waals surface area contributed by atoms with Crippen LogP contribution in [0.4, 0.5) is 30.2 Å². The van der Waals surface area contributed by atoms with Gasteiger partial charge in [0.25, 0.3) is 5.91 Å². The fraction of sp³-hybridized carbons (Fsp3) is 0.100. The van der Waals surface area contributed by atoms with Crippen LogP contribution in [0, 0.1) is 0 Å². The van der Waals surface area contributed by atoms with Gasteiger partial charge in [-0.3, -0.25) is 9.59 Å². The quantitative estimate of drug-likeness (QED) is 0.491. The van der Waals surface area contributed by atoms with Crippen molar-refractivity contribution in [1.82, 2.24) is 0 Å². The monoisotopic (exact) mass is 437 g/mol. The van der Waals surface area contributed by atoms with Crippen molar-refractivity contribution in [3.05, 3.63) is 77.2 Å². The van der Waals surface area contributed by atoms with Crippen LogP contribution in [-0.2, 0) is 11.0 Å². The molecule has 2 amide bonds. The molecule has 0 aliphatic carbocycles. The molecular formula is C20H15ClF3N3O3. The van der Waals surface area contributed by atoms with Crippen LogP contribution in [0.3, 0.4) is 0 Å². The maximum atomic E-state index is 12.7. The molecule has 6 nitrogen and oxygen atoms in total. The van der Waals surface area contributed by atoms with Crippen LogP contribution in [0.15, 0.2) is 65.3 Å². The van der Waals surface area contributed by atoms with Crippen LogP contribution >= 0.6 is 11.6 Å². The van der Waals surface area contributed by atoms with E-state index >= 15 is 0 Å². The van der Waals surface area contributed by atoms with Gasteiger partial charge in [0.05, 0.1) is 29.1 Å². The van der Waals surface area contributed by atoms with Gasteiger partial charge in [-0.25, -0.2) is 0 Å². The van der Waals surface area contributed by atoms with Crippen molar-refractivity contribution < 1.29 is 27.2 Å². The first-order valence-corrected chi connectivity index (χ1v) is 8.95. The van der Waals surface area contributed by atoms with E-state index in [9.17, 15) is 22.8 Å². The maximum absolute atomic E-state index is 12.7. The van der Waals surface area contributed by atoms with Crippen LogP contribution in [0.25, 0.3) is 0 Å². The number of furan rings is 1. The Morgan fingerprint density at radius 3 is 2.43 bits per heavy atom.